The smallest absolute Gasteiger partial charge is 0.348 e. The van der Waals surface area contributed by atoms with Crippen LogP contribution in [0.2, 0.25) is 0 Å². The number of hydrazine groups is 1. The van der Waals surface area contributed by atoms with Crippen molar-refractivity contribution in [2.45, 2.75) is 19.3 Å². The maximum atomic E-state index is 13.4. The van der Waals surface area contributed by atoms with E-state index in [2.05, 4.69) is 10.9 Å². The maximum absolute atomic E-state index is 13.4. The summed E-state index contributed by atoms with van der Waals surface area (Å²) in [5.41, 5.74) is 5.11. The van der Waals surface area contributed by atoms with Gasteiger partial charge in [-0.05, 0) is 43.0 Å². The van der Waals surface area contributed by atoms with Gasteiger partial charge in [0.2, 0.25) is 0 Å². The van der Waals surface area contributed by atoms with Gasteiger partial charge in [-0.15, -0.1) is 11.3 Å². The molecular formula is C17H15FN2O4S. The molecule has 1 heterocycles. The van der Waals surface area contributed by atoms with Gasteiger partial charge in [0.1, 0.15) is 10.7 Å². The third-order valence-electron chi connectivity index (χ3n) is 3.72. The molecule has 2 N–H and O–H groups in total. The molecule has 0 radical (unpaired) electrons. The molecule has 0 spiro atoms. The molecule has 2 amide bonds. The van der Waals surface area contributed by atoms with Gasteiger partial charge in [0.15, 0.2) is 6.61 Å². The topological polar surface area (TPSA) is 84.5 Å². The molecule has 0 atom stereocenters. The second-order valence-corrected chi connectivity index (χ2v) is 6.61. The molecule has 1 aliphatic carbocycles. The maximum Gasteiger partial charge on any atom is 0.348 e. The number of carbonyl (C=O) groups excluding carboxylic acids is 3. The Hall–Kier alpha value is -2.74. The van der Waals surface area contributed by atoms with Crippen LogP contribution in [-0.4, -0.2) is 24.4 Å². The molecule has 1 aromatic carbocycles. The van der Waals surface area contributed by atoms with Crippen LogP contribution in [-0.2, 0) is 22.4 Å². The van der Waals surface area contributed by atoms with Gasteiger partial charge in [-0.25, -0.2) is 9.18 Å². The molecule has 6 nitrogen and oxygen atoms in total. The fraction of sp³-hybridized carbons (Fsp3) is 0.235. The fourth-order valence-electron chi connectivity index (χ4n) is 2.51. The standard InChI is InChI=1S/C17H15FN2O4S/c18-12-6-2-1-5-11(12)16(22)20-19-15(21)9-24-17(23)14-8-10-4-3-7-13(10)25-14/h1-2,5-6,8H,3-4,7,9H2,(H,19,21)(H,20,22). The quantitative estimate of drug-likeness (QED) is 0.644. The lowest BCUT2D eigenvalue weighted by Crippen LogP contribution is -2.43. The van der Waals surface area contributed by atoms with Gasteiger partial charge in [-0.3, -0.25) is 20.4 Å². The number of nitrogens with one attached hydrogen (secondary N) is 2. The summed E-state index contributed by atoms with van der Waals surface area (Å²) in [6.07, 6.45) is 3.03. The number of fused-ring (bicyclic) bond motifs is 1. The molecule has 0 aliphatic heterocycles. The fourth-order valence-corrected chi connectivity index (χ4v) is 3.65. The van der Waals surface area contributed by atoms with Crippen molar-refractivity contribution in [1.29, 1.82) is 0 Å². The number of carbonyl (C=O) groups is 3. The monoisotopic (exact) mass is 362 g/mol. The number of aryl methyl sites for hydroxylation is 2. The van der Waals surface area contributed by atoms with E-state index in [1.807, 2.05) is 0 Å². The van der Waals surface area contributed by atoms with Crippen LogP contribution >= 0.6 is 11.3 Å². The van der Waals surface area contributed by atoms with Crippen LogP contribution in [0, 0.1) is 5.82 Å². The Kier molecular flexibility index (Phi) is 5.08. The highest BCUT2D eigenvalue weighted by atomic mass is 32.1. The first-order chi connectivity index (χ1) is 12.0. The first-order valence-electron chi connectivity index (χ1n) is 7.67. The van der Waals surface area contributed by atoms with E-state index in [-0.39, 0.29) is 5.56 Å². The number of hydrogen-bond acceptors (Lipinski definition) is 5. The minimum absolute atomic E-state index is 0.201. The molecule has 0 saturated heterocycles. The van der Waals surface area contributed by atoms with E-state index in [4.69, 9.17) is 4.74 Å². The Labute approximate surface area is 147 Å². The second-order valence-electron chi connectivity index (χ2n) is 5.47. The van der Waals surface area contributed by atoms with Crippen LogP contribution in [0.25, 0.3) is 0 Å². The average Bonchev–Trinajstić information content (AvgIpc) is 3.19. The molecule has 130 valence electrons. The Morgan fingerprint density at radius 2 is 1.96 bits per heavy atom. The molecule has 0 unspecified atom stereocenters. The number of rotatable bonds is 4. The van der Waals surface area contributed by atoms with Crippen molar-refractivity contribution in [3.8, 4) is 0 Å². The third-order valence-corrected chi connectivity index (χ3v) is 4.93. The largest absolute Gasteiger partial charge is 0.451 e. The van der Waals surface area contributed by atoms with Gasteiger partial charge in [0.05, 0.1) is 5.56 Å². The molecule has 0 saturated carbocycles. The van der Waals surface area contributed by atoms with Crippen LogP contribution < -0.4 is 10.9 Å². The minimum atomic E-state index is -0.799. The molecule has 25 heavy (non-hydrogen) atoms. The highest BCUT2D eigenvalue weighted by Crippen LogP contribution is 2.30. The first kappa shape index (κ1) is 17.1. The number of hydrogen-bond donors (Lipinski definition) is 2. The van der Waals surface area contributed by atoms with Gasteiger partial charge >= 0.3 is 5.97 Å². The van der Waals surface area contributed by atoms with E-state index in [0.717, 1.165) is 25.3 Å². The van der Waals surface area contributed by atoms with Crippen molar-refractivity contribution < 1.29 is 23.5 Å². The van der Waals surface area contributed by atoms with E-state index in [1.165, 1.54) is 40.0 Å². The molecule has 8 heteroatoms. The van der Waals surface area contributed by atoms with E-state index >= 15 is 0 Å². The zero-order chi connectivity index (χ0) is 17.8. The zero-order valence-electron chi connectivity index (χ0n) is 13.1. The predicted molar refractivity (Wildman–Crippen MR) is 88.6 cm³/mol. The average molecular weight is 362 g/mol. The lowest BCUT2D eigenvalue weighted by atomic mass is 10.2. The Morgan fingerprint density at radius 1 is 1.16 bits per heavy atom. The molecule has 3 rings (SSSR count). The summed E-state index contributed by atoms with van der Waals surface area (Å²) in [7, 11) is 0. The van der Waals surface area contributed by atoms with Crippen molar-refractivity contribution in [1.82, 2.24) is 10.9 Å². The molecule has 0 fully saturated rings. The lowest BCUT2D eigenvalue weighted by molar-refractivity contribution is -0.125. The van der Waals surface area contributed by atoms with Gasteiger partial charge in [0.25, 0.3) is 11.8 Å². The van der Waals surface area contributed by atoms with Crippen molar-refractivity contribution in [3.05, 3.63) is 57.0 Å². The summed E-state index contributed by atoms with van der Waals surface area (Å²) in [4.78, 5) is 37.0. The predicted octanol–water partition coefficient (Wildman–Crippen LogP) is 1.99. The van der Waals surface area contributed by atoms with Crippen molar-refractivity contribution in [2.75, 3.05) is 6.61 Å². The summed E-state index contributed by atoms with van der Waals surface area (Å²) >= 11 is 1.38. The molecule has 2 aromatic rings. The first-order valence-corrected chi connectivity index (χ1v) is 8.48. The van der Waals surface area contributed by atoms with Crippen LogP contribution in [0.3, 0.4) is 0 Å². The number of benzene rings is 1. The van der Waals surface area contributed by atoms with Crippen LogP contribution in [0.5, 0.6) is 0 Å². The summed E-state index contributed by atoms with van der Waals surface area (Å²) in [6, 6.07) is 7.17. The van der Waals surface area contributed by atoms with E-state index < -0.39 is 30.2 Å². The van der Waals surface area contributed by atoms with E-state index in [1.54, 1.807) is 6.07 Å². The molecular weight excluding hydrogens is 347 g/mol. The van der Waals surface area contributed by atoms with Gasteiger partial charge in [-0.1, -0.05) is 12.1 Å². The number of amides is 2. The highest BCUT2D eigenvalue weighted by Gasteiger charge is 2.20. The number of esters is 1. The minimum Gasteiger partial charge on any atom is -0.451 e. The van der Waals surface area contributed by atoms with E-state index in [9.17, 15) is 18.8 Å². The number of ether oxygens (including phenoxy) is 1. The highest BCUT2D eigenvalue weighted by molar-refractivity contribution is 7.14. The van der Waals surface area contributed by atoms with Crippen molar-refractivity contribution in [3.63, 3.8) is 0 Å². The summed E-state index contributed by atoms with van der Waals surface area (Å²) in [5.74, 6) is -2.80. The van der Waals surface area contributed by atoms with Gasteiger partial charge in [-0.2, -0.15) is 0 Å². The molecule has 1 aliphatic rings. The summed E-state index contributed by atoms with van der Waals surface area (Å²) in [6.45, 7) is -0.543. The Balaban J connectivity index is 1.45. The van der Waals surface area contributed by atoms with Crippen molar-refractivity contribution in [2.24, 2.45) is 0 Å². The van der Waals surface area contributed by atoms with Gasteiger partial charge < -0.3 is 4.74 Å². The van der Waals surface area contributed by atoms with Crippen molar-refractivity contribution >= 4 is 29.1 Å². The number of thiophene rings is 1. The lowest BCUT2D eigenvalue weighted by Gasteiger charge is -2.08. The van der Waals surface area contributed by atoms with Crippen LogP contribution in [0.1, 0.15) is 36.9 Å². The van der Waals surface area contributed by atoms with Gasteiger partial charge in [0, 0.05) is 4.88 Å². The van der Waals surface area contributed by atoms with Crippen LogP contribution in [0.4, 0.5) is 4.39 Å². The summed E-state index contributed by atoms with van der Waals surface area (Å²) < 4.78 is 18.4. The normalized spacial score (nSPS) is 12.4. The zero-order valence-corrected chi connectivity index (χ0v) is 14.0. The van der Waals surface area contributed by atoms with Crippen LogP contribution in [0.15, 0.2) is 30.3 Å². The number of halogens is 1. The molecule has 0 bridgehead atoms. The Bertz CT molecular complexity index is 812. The summed E-state index contributed by atoms with van der Waals surface area (Å²) in [5, 5.41) is 0. The molecule has 1 aromatic heterocycles. The third kappa shape index (κ3) is 4.03. The second kappa shape index (κ2) is 7.43. The van der Waals surface area contributed by atoms with E-state index in [0.29, 0.717) is 4.88 Å². The Morgan fingerprint density at radius 3 is 2.72 bits per heavy atom. The SMILES string of the molecule is O=C(COC(=O)c1cc2c(s1)CCC2)NNC(=O)c1ccccc1F.